The maximum Gasteiger partial charge on any atom is 0.267 e. The number of benzene rings is 3. The Bertz CT molecular complexity index is 1420. The topological polar surface area (TPSA) is 102 Å². The zero-order chi connectivity index (χ0) is 22.5. The number of hydrogen-bond acceptors (Lipinski definition) is 6. The van der Waals surface area contributed by atoms with E-state index in [-0.39, 0.29) is 5.57 Å². The molecule has 2 N–H and O–H groups in total. The molecule has 0 spiro atoms. The molecule has 0 saturated heterocycles. The van der Waals surface area contributed by atoms with Gasteiger partial charge in [-0.25, -0.2) is 4.98 Å². The third-order valence-electron chi connectivity index (χ3n) is 4.72. The van der Waals surface area contributed by atoms with E-state index in [1.54, 1.807) is 35.6 Å². The summed E-state index contributed by atoms with van der Waals surface area (Å²) < 4.78 is 1.15. The van der Waals surface area contributed by atoms with Crippen molar-refractivity contribution >= 4 is 38.8 Å². The first kappa shape index (κ1) is 20.8. The van der Waals surface area contributed by atoms with Crippen molar-refractivity contribution in [2.75, 3.05) is 10.6 Å². The van der Waals surface area contributed by atoms with E-state index < -0.39 is 5.91 Å². The summed E-state index contributed by atoms with van der Waals surface area (Å²) >= 11 is 1.64. The zero-order valence-corrected chi connectivity index (χ0v) is 17.9. The molecule has 0 atom stereocenters. The maximum atomic E-state index is 12.4. The van der Waals surface area contributed by atoms with Gasteiger partial charge in [0.15, 0.2) is 0 Å². The lowest BCUT2D eigenvalue weighted by Gasteiger charge is -2.07. The third-order valence-corrected chi connectivity index (χ3v) is 5.79. The monoisotopic (exact) mass is 435 g/mol. The average Bonchev–Trinajstić information content (AvgIpc) is 3.23. The molecule has 0 unspecified atom stereocenters. The Morgan fingerprint density at radius 2 is 1.84 bits per heavy atom. The van der Waals surface area contributed by atoms with E-state index in [0.29, 0.717) is 11.3 Å². The van der Waals surface area contributed by atoms with Crippen molar-refractivity contribution in [3.05, 3.63) is 89.6 Å². The summed E-state index contributed by atoms with van der Waals surface area (Å²) in [6, 6.07) is 24.3. The minimum Gasteiger partial charge on any atom is -0.360 e. The first-order valence-electron chi connectivity index (χ1n) is 9.72. The van der Waals surface area contributed by atoms with Gasteiger partial charge in [-0.2, -0.15) is 10.5 Å². The second kappa shape index (κ2) is 9.13. The van der Waals surface area contributed by atoms with Crippen LogP contribution in [0.5, 0.6) is 0 Å². The molecule has 1 aromatic heterocycles. The number of hydrogen-bond donors (Lipinski definition) is 2. The SMILES string of the molecule is Cc1ccc2nc(-c3ccc(N/C=C(/C#N)C(=O)Nc4ccccc4C#N)cc3)sc2c1. The van der Waals surface area contributed by atoms with E-state index in [2.05, 4.69) is 28.6 Å². The Hall–Kier alpha value is -4.46. The normalized spacial score (nSPS) is 10.9. The number of carbonyl (C=O) groups is 1. The number of nitrogens with one attached hydrogen (secondary N) is 2. The molecular weight excluding hydrogens is 418 g/mol. The van der Waals surface area contributed by atoms with Gasteiger partial charge in [-0.15, -0.1) is 11.3 Å². The molecule has 0 radical (unpaired) electrons. The molecule has 0 saturated carbocycles. The Morgan fingerprint density at radius 3 is 2.59 bits per heavy atom. The second-order valence-corrected chi connectivity index (χ2v) is 8.02. The van der Waals surface area contributed by atoms with Gasteiger partial charge in [-0.05, 0) is 61.0 Å². The Morgan fingerprint density at radius 1 is 1.06 bits per heavy atom. The number of aryl methyl sites for hydroxylation is 1. The predicted octanol–water partition coefficient (Wildman–Crippen LogP) is 5.60. The molecule has 32 heavy (non-hydrogen) atoms. The Kier molecular flexibility index (Phi) is 5.94. The van der Waals surface area contributed by atoms with Crippen LogP contribution in [0.15, 0.2) is 78.5 Å². The van der Waals surface area contributed by atoms with Gasteiger partial charge < -0.3 is 10.6 Å². The molecule has 1 heterocycles. The van der Waals surface area contributed by atoms with Crippen molar-refractivity contribution < 1.29 is 4.79 Å². The van der Waals surface area contributed by atoms with Crippen molar-refractivity contribution in [1.82, 2.24) is 4.98 Å². The van der Waals surface area contributed by atoms with Crippen LogP contribution in [0.2, 0.25) is 0 Å². The minimum atomic E-state index is -0.593. The molecule has 6 nitrogen and oxygen atoms in total. The molecule has 3 aromatic carbocycles. The van der Waals surface area contributed by atoms with E-state index >= 15 is 0 Å². The van der Waals surface area contributed by atoms with Crippen LogP contribution in [0.4, 0.5) is 11.4 Å². The van der Waals surface area contributed by atoms with Crippen LogP contribution in [0.25, 0.3) is 20.8 Å². The molecule has 1 amide bonds. The Balaban J connectivity index is 1.47. The number of anilines is 2. The van der Waals surface area contributed by atoms with E-state index in [0.717, 1.165) is 26.5 Å². The highest BCUT2D eigenvalue weighted by Crippen LogP contribution is 2.31. The lowest BCUT2D eigenvalue weighted by molar-refractivity contribution is -0.112. The number of para-hydroxylation sites is 1. The molecular formula is C25H17N5OS. The second-order valence-electron chi connectivity index (χ2n) is 6.99. The molecule has 0 aliphatic heterocycles. The summed E-state index contributed by atoms with van der Waals surface area (Å²) in [5.74, 6) is -0.593. The van der Waals surface area contributed by atoms with Crippen molar-refractivity contribution in [3.8, 4) is 22.7 Å². The van der Waals surface area contributed by atoms with Gasteiger partial charge in [0.2, 0.25) is 0 Å². The lowest BCUT2D eigenvalue weighted by Crippen LogP contribution is -2.15. The van der Waals surface area contributed by atoms with E-state index in [4.69, 9.17) is 5.26 Å². The summed E-state index contributed by atoms with van der Waals surface area (Å²) in [5, 5.41) is 25.0. The Labute approximate surface area is 189 Å². The summed E-state index contributed by atoms with van der Waals surface area (Å²) in [4.78, 5) is 17.1. The molecule has 4 aromatic rings. The van der Waals surface area contributed by atoms with Gasteiger partial charge in [-0.1, -0.05) is 18.2 Å². The number of rotatable bonds is 5. The van der Waals surface area contributed by atoms with E-state index in [9.17, 15) is 10.1 Å². The summed E-state index contributed by atoms with van der Waals surface area (Å²) in [6.07, 6.45) is 1.35. The predicted molar refractivity (Wildman–Crippen MR) is 127 cm³/mol. The average molecular weight is 436 g/mol. The summed E-state index contributed by atoms with van der Waals surface area (Å²) in [6.45, 7) is 2.06. The fraction of sp³-hybridized carbons (Fsp3) is 0.0400. The molecule has 7 heteroatoms. The van der Waals surface area contributed by atoms with Crippen molar-refractivity contribution in [3.63, 3.8) is 0 Å². The number of fused-ring (bicyclic) bond motifs is 1. The van der Waals surface area contributed by atoms with Gasteiger partial charge in [0.1, 0.15) is 22.7 Å². The third kappa shape index (κ3) is 4.49. The van der Waals surface area contributed by atoms with Crippen molar-refractivity contribution in [2.45, 2.75) is 6.92 Å². The number of nitrogens with zero attached hydrogens (tertiary/aromatic N) is 3. The van der Waals surface area contributed by atoms with Crippen LogP contribution in [-0.2, 0) is 4.79 Å². The highest BCUT2D eigenvalue weighted by molar-refractivity contribution is 7.21. The quantitative estimate of drug-likeness (QED) is 0.314. The maximum absolute atomic E-state index is 12.4. The summed E-state index contributed by atoms with van der Waals surface area (Å²) in [7, 11) is 0. The van der Waals surface area contributed by atoms with Gasteiger partial charge >= 0.3 is 0 Å². The van der Waals surface area contributed by atoms with Crippen LogP contribution in [0.3, 0.4) is 0 Å². The fourth-order valence-corrected chi connectivity index (χ4v) is 4.12. The first-order valence-corrected chi connectivity index (χ1v) is 10.5. The molecule has 154 valence electrons. The van der Waals surface area contributed by atoms with Crippen LogP contribution < -0.4 is 10.6 Å². The van der Waals surface area contributed by atoms with Gasteiger partial charge in [0.25, 0.3) is 5.91 Å². The first-order chi connectivity index (χ1) is 15.6. The highest BCUT2D eigenvalue weighted by atomic mass is 32.1. The van der Waals surface area contributed by atoms with Crippen LogP contribution >= 0.6 is 11.3 Å². The number of carbonyl (C=O) groups excluding carboxylic acids is 1. The van der Waals surface area contributed by atoms with Gasteiger partial charge in [0, 0.05) is 17.5 Å². The summed E-state index contributed by atoms with van der Waals surface area (Å²) in [5.41, 5.74) is 4.47. The highest BCUT2D eigenvalue weighted by Gasteiger charge is 2.12. The van der Waals surface area contributed by atoms with E-state index in [1.807, 2.05) is 48.5 Å². The van der Waals surface area contributed by atoms with Gasteiger partial charge in [-0.3, -0.25) is 4.79 Å². The van der Waals surface area contributed by atoms with E-state index in [1.165, 1.54) is 11.8 Å². The largest absolute Gasteiger partial charge is 0.360 e. The molecule has 0 bridgehead atoms. The standard InChI is InChI=1S/C25H17N5OS/c1-16-6-11-22-23(12-16)32-25(30-22)17-7-9-20(10-8-17)28-15-19(14-27)24(31)29-21-5-3-2-4-18(21)13-26/h2-12,15,28H,1H3,(H,29,31)/b19-15-. The van der Waals surface area contributed by atoms with Gasteiger partial charge in [0.05, 0.1) is 21.5 Å². The van der Waals surface area contributed by atoms with Crippen molar-refractivity contribution in [1.29, 1.82) is 10.5 Å². The number of amides is 1. The van der Waals surface area contributed by atoms with Crippen molar-refractivity contribution in [2.24, 2.45) is 0 Å². The molecule has 0 fully saturated rings. The fourth-order valence-electron chi connectivity index (χ4n) is 3.05. The molecule has 0 aliphatic rings. The smallest absolute Gasteiger partial charge is 0.267 e. The number of nitriles is 2. The van der Waals surface area contributed by atoms with Crippen LogP contribution in [0.1, 0.15) is 11.1 Å². The van der Waals surface area contributed by atoms with Crippen LogP contribution in [-0.4, -0.2) is 10.9 Å². The lowest BCUT2D eigenvalue weighted by atomic mass is 10.2. The molecule has 4 rings (SSSR count). The zero-order valence-electron chi connectivity index (χ0n) is 17.1. The number of aromatic nitrogens is 1. The van der Waals surface area contributed by atoms with Crippen LogP contribution in [0, 0.1) is 29.6 Å². The minimum absolute atomic E-state index is 0.108. The molecule has 0 aliphatic carbocycles. The number of thiazole rings is 1.